The molecule has 1 aromatic rings. The van der Waals surface area contributed by atoms with Crippen LogP contribution in [0.25, 0.3) is 0 Å². The van der Waals surface area contributed by atoms with Crippen molar-refractivity contribution < 1.29 is 4.39 Å². The summed E-state index contributed by atoms with van der Waals surface area (Å²) in [6.07, 6.45) is 1.20. The fourth-order valence-electron chi connectivity index (χ4n) is 1.50. The van der Waals surface area contributed by atoms with Gasteiger partial charge in [-0.2, -0.15) is 5.26 Å². The summed E-state index contributed by atoms with van der Waals surface area (Å²) in [6, 6.07) is 7.29. The monoisotopic (exact) mass is 175 g/mol. The van der Waals surface area contributed by atoms with Crippen molar-refractivity contribution in [3.8, 4) is 6.07 Å². The molecule has 1 aliphatic carbocycles. The number of hydrogen-bond acceptors (Lipinski definition) is 1. The molecule has 0 radical (unpaired) electrons. The third-order valence-electron chi connectivity index (χ3n) is 2.41. The summed E-state index contributed by atoms with van der Waals surface area (Å²) >= 11 is 0. The molecule has 0 aromatic heterocycles. The van der Waals surface area contributed by atoms with E-state index in [4.69, 9.17) is 5.26 Å². The predicted octanol–water partition coefficient (Wildman–Crippen LogP) is 2.83. The summed E-state index contributed by atoms with van der Waals surface area (Å²) in [5.74, 6) is 0. The summed E-state index contributed by atoms with van der Waals surface area (Å²) in [6.45, 7) is 1.88. The molecule has 1 nitrogen and oxygen atoms in total. The number of benzene rings is 1. The fourth-order valence-corrected chi connectivity index (χ4v) is 1.50. The number of halogens is 1. The van der Waals surface area contributed by atoms with Crippen LogP contribution in [-0.2, 0) is 5.67 Å². The first-order valence-electron chi connectivity index (χ1n) is 4.35. The van der Waals surface area contributed by atoms with Gasteiger partial charge in [0.15, 0.2) is 0 Å². The molecule has 0 heterocycles. The Morgan fingerprint density at radius 2 is 2.08 bits per heavy atom. The van der Waals surface area contributed by atoms with Gasteiger partial charge in [-0.3, -0.25) is 0 Å². The maximum absolute atomic E-state index is 13.6. The Labute approximate surface area is 76.8 Å². The Kier molecular flexibility index (Phi) is 1.63. The highest BCUT2D eigenvalue weighted by Gasteiger charge is 2.45. The molecule has 1 aromatic carbocycles. The van der Waals surface area contributed by atoms with Crippen LogP contribution in [0, 0.1) is 18.3 Å². The van der Waals surface area contributed by atoms with Gasteiger partial charge < -0.3 is 0 Å². The van der Waals surface area contributed by atoms with Crippen LogP contribution in [0.5, 0.6) is 0 Å². The summed E-state index contributed by atoms with van der Waals surface area (Å²) < 4.78 is 13.6. The van der Waals surface area contributed by atoms with Crippen molar-refractivity contribution in [2.75, 3.05) is 0 Å². The summed E-state index contributed by atoms with van der Waals surface area (Å²) in [4.78, 5) is 0. The highest BCUT2D eigenvalue weighted by Crippen LogP contribution is 2.49. The molecule has 2 rings (SSSR count). The molecule has 2 heteroatoms. The molecule has 0 N–H and O–H groups in total. The van der Waals surface area contributed by atoms with E-state index in [0.29, 0.717) is 24.0 Å². The first kappa shape index (κ1) is 8.25. The largest absolute Gasteiger partial charge is 0.239 e. The van der Waals surface area contributed by atoms with Gasteiger partial charge in [-0.1, -0.05) is 6.07 Å². The van der Waals surface area contributed by atoms with Gasteiger partial charge in [0, 0.05) is 0 Å². The second-order valence-electron chi connectivity index (χ2n) is 3.66. The third kappa shape index (κ3) is 1.42. The highest BCUT2D eigenvalue weighted by molar-refractivity contribution is 5.41. The maximum Gasteiger partial charge on any atom is 0.136 e. The molecule has 0 bridgehead atoms. The lowest BCUT2D eigenvalue weighted by molar-refractivity contribution is 0.317. The molecule has 1 aliphatic rings. The number of aryl methyl sites for hydroxylation is 1. The predicted molar refractivity (Wildman–Crippen MR) is 47.9 cm³/mol. The van der Waals surface area contributed by atoms with Crippen molar-refractivity contribution in [1.82, 2.24) is 0 Å². The van der Waals surface area contributed by atoms with Crippen molar-refractivity contribution in [2.45, 2.75) is 25.4 Å². The van der Waals surface area contributed by atoms with E-state index in [1.807, 2.05) is 19.1 Å². The molecule has 0 spiro atoms. The molecule has 0 atom stereocenters. The molecular formula is C11H10FN. The normalized spacial score (nSPS) is 17.9. The minimum atomic E-state index is -1.13. The second kappa shape index (κ2) is 2.56. The lowest BCUT2D eigenvalue weighted by Gasteiger charge is -2.06. The summed E-state index contributed by atoms with van der Waals surface area (Å²) in [7, 11) is 0. The van der Waals surface area contributed by atoms with Gasteiger partial charge in [-0.05, 0) is 43.0 Å². The molecule has 0 unspecified atom stereocenters. The first-order valence-corrected chi connectivity index (χ1v) is 4.35. The fraction of sp³-hybridized carbons (Fsp3) is 0.364. The molecule has 1 saturated carbocycles. The van der Waals surface area contributed by atoms with Crippen molar-refractivity contribution in [2.24, 2.45) is 0 Å². The van der Waals surface area contributed by atoms with Crippen molar-refractivity contribution in [3.63, 3.8) is 0 Å². The minimum Gasteiger partial charge on any atom is -0.239 e. The zero-order valence-electron chi connectivity index (χ0n) is 7.47. The Morgan fingerprint density at radius 1 is 1.38 bits per heavy atom. The quantitative estimate of drug-likeness (QED) is 0.643. The number of hydrogen-bond donors (Lipinski definition) is 0. The number of alkyl halides is 1. The van der Waals surface area contributed by atoms with Crippen LogP contribution in [-0.4, -0.2) is 0 Å². The van der Waals surface area contributed by atoms with E-state index in [0.717, 1.165) is 5.56 Å². The van der Waals surface area contributed by atoms with Gasteiger partial charge in [-0.15, -0.1) is 0 Å². The molecule has 0 amide bonds. The summed E-state index contributed by atoms with van der Waals surface area (Å²) in [5.41, 5.74) is 1.05. The van der Waals surface area contributed by atoms with E-state index in [1.54, 1.807) is 12.1 Å². The Bertz CT molecular complexity index is 386. The maximum atomic E-state index is 13.6. The minimum absolute atomic E-state index is 0.555. The molecule has 0 aliphatic heterocycles. The highest BCUT2D eigenvalue weighted by atomic mass is 19.1. The second-order valence-corrected chi connectivity index (χ2v) is 3.66. The van der Waals surface area contributed by atoms with Crippen LogP contribution in [0.1, 0.15) is 29.5 Å². The SMILES string of the molecule is Cc1cc(C#N)cc(C2(F)CC2)c1. The first-order chi connectivity index (χ1) is 6.14. The molecule has 13 heavy (non-hydrogen) atoms. The van der Waals surface area contributed by atoms with Crippen LogP contribution < -0.4 is 0 Å². The molecule has 66 valence electrons. The zero-order chi connectivity index (χ0) is 9.47. The number of nitriles is 1. The Hall–Kier alpha value is -1.36. The average Bonchev–Trinajstić information content (AvgIpc) is 2.84. The van der Waals surface area contributed by atoms with Crippen LogP contribution in [0.3, 0.4) is 0 Å². The smallest absolute Gasteiger partial charge is 0.136 e. The topological polar surface area (TPSA) is 23.8 Å². The summed E-state index contributed by atoms with van der Waals surface area (Å²) in [5, 5.41) is 8.70. The lowest BCUT2D eigenvalue weighted by Crippen LogP contribution is -1.98. The van der Waals surface area contributed by atoms with Crippen LogP contribution in [0.2, 0.25) is 0 Å². The lowest BCUT2D eigenvalue weighted by atomic mass is 10.0. The van der Waals surface area contributed by atoms with E-state index in [-0.39, 0.29) is 0 Å². The van der Waals surface area contributed by atoms with Gasteiger partial charge in [0.05, 0.1) is 11.6 Å². The Morgan fingerprint density at radius 3 is 2.62 bits per heavy atom. The molecule has 0 saturated heterocycles. The van der Waals surface area contributed by atoms with E-state index in [2.05, 4.69) is 0 Å². The standard InChI is InChI=1S/C11H10FN/c1-8-4-9(7-13)6-10(5-8)11(12)2-3-11/h4-6H,2-3H2,1H3. The van der Waals surface area contributed by atoms with E-state index >= 15 is 0 Å². The van der Waals surface area contributed by atoms with Gasteiger partial charge in [0.1, 0.15) is 5.67 Å². The molecular weight excluding hydrogens is 165 g/mol. The number of rotatable bonds is 1. The van der Waals surface area contributed by atoms with Crippen molar-refractivity contribution >= 4 is 0 Å². The zero-order valence-corrected chi connectivity index (χ0v) is 7.47. The van der Waals surface area contributed by atoms with Gasteiger partial charge in [0.2, 0.25) is 0 Å². The van der Waals surface area contributed by atoms with E-state index in [1.165, 1.54) is 0 Å². The van der Waals surface area contributed by atoms with Crippen LogP contribution in [0.4, 0.5) is 4.39 Å². The number of nitrogens with zero attached hydrogens (tertiary/aromatic N) is 1. The van der Waals surface area contributed by atoms with Gasteiger partial charge in [0.25, 0.3) is 0 Å². The van der Waals surface area contributed by atoms with Crippen LogP contribution in [0.15, 0.2) is 18.2 Å². The van der Waals surface area contributed by atoms with Crippen LogP contribution >= 0.6 is 0 Å². The average molecular weight is 175 g/mol. The van der Waals surface area contributed by atoms with E-state index in [9.17, 15) is 4.39 Å². The van der Waals surface area contributed by atoms with Crippen molar-refractivity contribution in [3.05, 3.63) is 34.9 Å². The Balaban J connectivity index is 2.48. The van der Waals surface area contributed by atoms with E-state index < -0.39 is 5.67 Å². The third-order valence-corrected chi connectivity index (χ3v) is 2.41. The van der Waals surface area contributed by atoms with Gasteiger partial charge >= 0.3 is 0 Å². The van der Waals surface area contributed by atoms with Gasteiger partial charge in [-0.25, -0.2) is 4.39 Å². The van der Waals surface area contributed by atoms with Crippen molar-refractivity contribution in [1.29, 1.82) is 5.26 Å². The molecule has 1 fully saturated rings.